The number of rotatable bonds is 8. The Labute approximate surface area is 179 Å². The number of methoxy groups -OCH3 is 2. The van der Waals surface area contributed by atoms with Crippen LogP contribution in [0.25, 0.3) is 0 Å². The average Bonchev–Trinajstić information content (AvgIpc) is 2.65. The van der Waals surface area contributed by atoms with E-state index in [0.717, 1.165) is 15.4 Å². The Hall–Kier alpha value is -2.58. The van der Waals surface area contributed by atoms with Crippen molar-refractivity contribution in [2.24, 2.45) is 0 Å². The fraction of sp³-hybridized carbons (Fsp3) is 0.409. The molecule has 0 aromatic heterocycles. The van der Waals surface area contributed by atoms with Crippen LogP contribution in [0.2, 0.25) is 0 Å². The van der Waals surface area contributed by atoms with E-state index in [-0.39, 0.29) is 17.5 Å². The monoisotopic (exact) mass is 434 g/mol. The van der Waals surface area contributed by atoms with Gasteiger partial charge in [0.1, 0.15) is 0 Å². The minimum atomic E-state index is -3.80. The Kier molecular flexibility index (Phi) is 7.49. The Balaban J connectivity index is 2.14. The molecule has 30 heavy (non-hydrogen) atoms. The summed E-state index contributed by atoms with van der Waals surface area (Å²) in [4.78, 5) is 12.8. The number of sulfonamides is 1. The molecule has 0 bridgehead atoms. The highest BCUT2D eigenvalue weighted by atomic mass is 32.2. The first-order valence-corrected chi connectivity index (χ1v) is 11.0. The lowest BCUT2D eigenvalue weighted by Crippen LogP contribution is -2.39. The van der Waals surface area contributed by atoms with E-state index in [1.165, 1.54) is 7.05 Å². The fourth-order valence-corrected chi connectivity index (χ4v) is 5.04. The van der Waals surface area contributed by atoms with Crippen molar-refractivity contribution in [1.29, 1.82) is 0 Å². The third-order valence-electron chi connectivity index (χ3n) is 4.92. The number of amides is 1. The molecule has 0 heterocycles. The lowest BCUT2D eigenvalue weighted by Gasteiger charge is -2.22. The van der Waals surface area contributed by atoms with E-state index >= 15 is 0 Å². The number of hydrogen-bond acceptors (Lipinski definition) is 5. The second kappa shape index (κ2) is 9.49. The zero-order valence-corrected chi connectivity index (χ0v) is 19.4. The molecule has 8 heteroatoms. The van der Waals surface area contributed by atoms with Crippen LogP contribution in [0.1, 0.15) is 35.2 Å². The standard InChI is InChI=1S/C22H30N2O5S/c1-14-10-15(2)22(16(3)11-14)30(26,27)24(5)13-21(25)23-17(4)18-8-9-19(28-6)20(12-18)29-7/h8-12,17H,13H2,1-7H3,(H,23,25). The molecular weight excluding hydrogens is 404 g/mol. The van der Waals surface area contributed by atoms with Gasteiger partial charge in [0.15, 0.2) is 11.5 Å². The molecule has 1 atom stereocenters. The van der Waals surface area contributed by atoms with Crippen LogP contribution in [0, 0.1) is 20.8 Å². The van der Waals surface area contributed by atoms with E-state index in [1.54, 1.807) is 40.2 Å². The molecule has 1 N–H and O–H groups in total. The first kappa shape index (κ1) is 23.7. The predicted molar refractivity (Wildman–Crippen MR) is 117 cm³/mol. The number of carbonyl (C=O) groups excluding carboxylic acids is 1. The molecule has 2 aromatic carbocycles. The number of nitrogens with zero attached hydrogens (tertiary/aromatic N) is 1. The second-order valence-corrected chi connectivity index (χ2v) is 9.37. The molecule has 0 aliphatic rings. The highest BCUT2D eigenvalue weighted by Crippen LogP contribution is 2.30. The molecule has 0 saturated heterocycles. The summed E-state index contributed by atoms with van der Waals surface area (Å²) in [6.07, 6.45) is 0. The number of ether oxygens (including phenoxy) is 2. The smallest absolute Gasteiger partial charge is 0.243 e. The van der Waals surface area contributed by atoms with Crippen molar-refractivity contribution in [2.75, 3.05) is 27.8 Å². The highest BCUT2D eigenvalue weighted by Gasteiger charge is 2.27. The number of aryl methyl sites for hydroxylation is 3. The fourth-order valence-electron chi connectivity index (χ4n) is 3.51. The van der Waals surface area contributed by atoms with Gasteiger partial charge in [-0.1, -0.05) is 23.8 Å². The van der Waals surface area contributed by atoms with E-state index in [9.17, 15) is 13.2 Å². The van der Waals surface area contributed by atoms with Crippen molar-refractivity contribution in [3.63, 3.8) is 0 Å². The second-order valence-electron chi connectivity index (χ2n) is 7.39. The van der Waals surface area contributed by atoms with E-state index in [0.29, 0.717) is 22.6 Å². The Bertz CT molecular complexity index is 1010. The van der Waals surface area contributed by atoms with Crippen molar-refractivity contribution in [1.82, 2.24) is 9.62 Å². The maximum Gasteiger partial charge on any atom is 0.243 e. The summed E-state index contributed by atoms with van der Waals surface area (Å²) in [6.45, 7) is 6.98. The molecule has 0 spiro atoms. The summed E-state index contributed by atoms with van der Waals surface area (Å²) in [5, 5.41) is 2.84. The van der Waals surface area contributed by atoms with Crippen LogP contribution in [-0.2, 0) is 14.8 Å². The van der Waals surface area contributed by atoms with Crippen LogP contribution in [0.4, 0.5) is 0 Å². The van der Waals surface area contributed by atoms with Gasteiger partial charge in [0.2, 0.25) is 15.9 Å². The van der Waals surface area contributed by atoms with Crippen molar-refractivity contribution < 1.29 is 22.7 Å². The summed E-state index contributed by atoms with van der Waals surface area (Å²) in [6, 6.07) is 8.68. The summed E-state index contributed by atoms with van der Waals surface area (Å²) in [7, 11) is 0.709. The van der Waals surface area contributed by atoms with Gasteiger partial charge in [0, 0.05) is 7.05 Å². The maximum absolute atomic E-state index is 13.0. The molecule has 2 aromatic rings. The van der Waals surface area contributed by atoms with Crippen LogP contribution in [0.15, 0.2) is 35.2 Å². The largest absolute Gasteiger partial charge is 0.493 e. The minimum absolute atomic E-state index is 0.247. The van der Waals surface area contributed by atoms with Gasteiger partial charge in [-0.2, -0.15) is 4.31 Å². The summed E-state index contributed by atoms with van der Waals surface area (Å²) < 4.78 is 37.7. The van der Waals surface area contributed by atoms with Gasteiger partial charge in [-0.25, -0.2) is 8.42 Å². The molecule has 0 aliphatic heterocycles. The van der Waals surface area contributed by atoms with Gasteiger partial charge in [0.05, 0.1) is 31.7 Å². The Morgan fingerprint density at radius 1 is 1.03 bits per heavy atom. The number of nitrogens with one attached hydrogen (secondary N) is 1. The molecule has 1 unspecified atom stereocenters. The SMILES string of the molecule is COc1ccc(C(C)NC(=O)CN(C)S(=O)(=O)c2c(C)cc(C)cc2C)cc1OC. The van der Waals surface area contributed by atoms with Gasteiger partial charge < -0.3 is 14.8 Å². The van der Waals surface area contributed by atoms with E-state index in [1.807, 2.05) is 32.0 Å². The quantitative estimate of drug-likeness (QED) is 0.690. The van der Waals surface area contributed by atoms with E-state index in [2.05, 4.69) is 5.32 Å². The molecule has 7 nitrogen and oxygen atoms in total. The first-order valence-electron chi connectivity index (χ1n) is 9.56. The Morgan fingerprint density at radius 3 is 2.13 bits per heavy atom. The normalized spacial score (nSPS) is 12.5. The number of carbonyl (C=O) groups is 1. The van der Waals surface area contributed by atoms with Gasteiger partial charge in [-0.3, -0.25) is 4.79 Å². The summed E-state index contributed by atoms with van der Waals surface area (Å²) >= 11 is 0. The van der Waals surface area contributed by atoms with E-state index in [4.69, 9.17) is 9.47 Å². The van der Waals surface area contributed by atoms with Crippen LogP contribution >= 0.6 is 0 Å². The lowest BCUT2D eigenvalue weighted by molar-refractivity contribution is -0.121. The molecular formula is C22H30N2O5S. The number of likely N-dealkylation sites (N-methyl/N-ethyl adjacent to an activating group) is 1. The van der Waals surface area contributed by atoms with Gasteiger partial charge in [-0.05, 0) is 56.5 Å². The number of benzene rings is 2. The third-order valence-corrected chi connectivity index (χ3v) is 7.03. The minimum Gasteiger partial charge on any atom is -0.493 e. The summed E-state index contributed by atoms with van der Waals surface area (Å²) in [5.41, 5.74) is 3.14. The maximum atomic E-state index is 13.0. The molecule has 2 rings (SSSR count). The molecule has 1 amide bonds. The van der Waals surface area contributed by atoms with Crippen LogP contribution in [0.5, 0.6) is 11.5 Å². The Morgan fingerprint density at radius 2 is 1.60 bits per heavy atom. The third kappa shape index (κ3) is 5.12. The van der Waals surface area contributed by atoms with Crippen molar-refractivity contribution in [3.05, 3.63) is 52.6 Å². The molecule has 0 aliphatic carbocycles. The van der Waals surface area contributed by atoms with Crippen molar-refractivity contribution >= 4 is 15.9 Å². The number of hydrogen-bond donors (Lipinski definition) is 1. The van der Waals surface area contributed by atoms with Crippen LogP contribution in [0.3, 0.4) is 0 Å². The summed E-state index contributed by atoms with van der Waals surface area (Å²) in [5.74, 6) is 0.751. The van der Waals surface area contributed by atoms with Gasteiger partial charge in [0.25, 0.3) is 0 Å². The molecule has 164 valence electrons. The molecule has 0 radical (unpaired) electrons. The highest BCUT2D eigenvalue weighted by molar-refractivity contribution is 7.89. The van der Waals surface area contributed by atoms with E-state index < -0.39 is 15.9 Å². The zero-order valence-electron chi connectivity index (χ0n) is 18.6. The van der Waals surface area contributed by atoms with Crippen LogP contribution < -0.4 is 14.8 Å². The molecule has 0 saturated carbocycles. The van der Waals surface area contributed by atoms with Gasteiger partial charge in [-0.15, -0.1) is 0 Å². The predicted octanol–water partition coefficient (Wildman–Crippen LogP) is 3.13. The lowest BCUT2D eigenvalue weighted by atomic mass is 10.1. The van der Waals surface area contributed by atoms with Crippen LogP contribution in [-0.4, -0.2) is 46.4 Å². The molecule has 0 fully saturated rings. The topological polar surface area (TPSA) is 84.9 Å². The van der Waals surface area contributed by atoms with Crippen molar-refractivity contribution in [3.8, 4) is 11.5 Å². The van der Waals surface area contributed by atoms with Crippen molar-refractivity contribution in [2.45, 2.75) is 38.6 Å². The average molecular weight is 435 g/mol. The first-order chi connectivity index (χ1) is 14.0. The zero-order chi connectivity index (χ0) is 22.6. The van der Waals surface area contributed by atoms with Gasteiger partial charge >= 0.3 is 0 Å².